The van der Waals surface area contributed by atoms with Gasteiger partial charge in [0.05, 0.1) is 0 Å². The van der Waals surface area contributed by atoms with Gasteiger partial charge < -0.3 is 4.42 Å². The molecule has 2 aromatic heterocycles. The number of benzene rings is 1. The number of fused-ring (bicyclic) bond motifs is 1. The summed E-state index contributed by atoms with van der Waals surface area (Å²) in [5, 5.41) is 4.08. The molecule has 1 aromatic carbocycles. The molecule has 0 unspecified atom stereocenters. The van der Waals surface area contributed by atoms with Gasteiger partial charge in [0, 0.05) is 0 Å². The van der Waals surface area contributed by atoms with Crippen LogP contribution in [0.5, 0.6) is 0 Å². The largest absolute Gasteiger partial charge is 0.443 e. The maximum absolute atomic E-state index is 5.17. The summed E-state index contributed by atoms with van der Waals surface area (Å²) in [4.78, 5) is 4.13. The third-order valence-electron chi connectivity index (χ3n) is 2.62. The zero-order chi connectivity index (χ0) is 13.0. The molecule has 0 saturated carbocycles. The second-order valence-corrected chi connectivity index (χ2v) is 5.89. The number of aromatic nitrogens is 1. The molecule has 0 aliphatic heterocycles. The molecule has 0 atom stereocenters. The van der Waals surface area contributed by atoms with Crippen LogP contribution in [0.4, 0.5) is 0 Å². The minimum absolute atomic E-state index is 0.174. The molecule has 0 fully saturated rings. The molecule has 0 N–H and O–H groups in total. The number of rotatable bonds is 0. The highest BCUT2D eigenvalue weighted by atomic mass is 32.1. The lowest BCUT2D eigenvalue weighted by atomic mass is 9.87. The number of nitrogens with zero attached hydrogens (tertiary/aromatic N) is 1. The van der Waals surface area contributed by atoms with Gasteiger partial charge in [-0.05, 0) is 33.9 Å². The van der Waals surface area contributed by atoms with Gasteiger partial charge in [-0.1, -0.05) is 39.0 Å². The maximum Gasteiger partial charge on any atom is 0.181 e. The van der Waals surface area contributed by atoms with E-state index in [1.807, 2.05) is 29.0 Å². The van der Waals surface area contributed by atoms with Crippen LogP contribution in [0, 0.1) is 0 Å². The first kappa shape index (κ1) is 12.8. The van der Waals surface area contributed by atoms with Crippen LogP contribution in [0.2, 0.25) is 0 Å². The Kier molecular flexibility index (Phi) is 3.82. The highest BCUT2D eigenvalue weighted by Crippen LogP contribution is 2.25. The number of hydrogen-bond donors (Lipinski definition) is 0. The molecular formula is C15H17NOS. The van der Waals surface area contributed by atoms with Gasteiger partial charge in [0.2, 0.25) is 0 Å². The first-order chi connectivity index (χ1) is 8.57. The molecule has 0 saturated heterocycles. The molecule has 0 aliphatic carbocycles. The average molecular weight is 259 g/mol. The van der Waals surface area contributed by atoms with Crippen molar-refractivity contribution >= 4 is 22.4 Å². The van der Waals surface area contributed by atoms with Gasteiger partial charge in [-0.3, -0.25) is 0 Å². The summed E-state index contributed by atoms with van der Waals surface area (Å²) in [7, 11) is 0. The molecule has 2 nitrogen and oxygen atoms in total. The van der Waals surface area contributed by atoms with Crippen molar-refractivity contribution < 1.29 is 4.42 Å². The molecule has 94 valence electrons. The summed E-state index contributed by atoms with van der Waals surface area (Å²) in [6.07, 6.45) is 1.48. The standard InChI is InChI=1S/C11H13NO.C4H4S/c1-11(2,3)8-4-5-10-9(6-8)12-7-13-10;1-2-4-5-3-1/h4-7H,1-3H3;1-4H. The topological polar surface area (TPSA) is 26.0 Å². The van der Waals surface area contributed by atoms with E-state index in [2.05, 4.69) is 37.9 Å². The van der Waals surface area contributed by atoms with E-state index in [1.165, 1.54) is 12.0 Å². The van der Waals surface area contributed by atoms with Gasteiger partial charge in [-0.25, -0.2) is 4.98 Å². The van der Waals surface area contributed by atoms with Gasteiger partial charge in [0.25, 0.3) is 0 Å². The smallest absolute Gasteiger partial charge is 0.181 e. The molecule has 2 heterocycles. The molecule has 0 radical (unpaired) electrons. The summed E-state index contributed by atoms with van der Waals surface area (Å²) < 4.78 is 5.17. The van der Waals surface area contributed by atoms with Crippen LogP contribution in [-0.4, -0.2) is 4.98 Å². The molecule has 0 bridgehead atoms. The summed E-state index contributed by atoms with van der Waals surface area (Å²) in [5.74, 6) is 0. The first-order valence-corrected chi connectivity index (χ1v) is 6.82. The fraction of sp³-hybridized carbons (Fsp3) is 0.267. The predicted molar refractivity (Wildman–Crippen MR) is 77.0 cm³/mol. The normalized spacial score (nSPS) is 11.1. The van der Waals surface area contributed by atoms with Crippen LogP contribution >= 0.6 is 11.3 Å². The highest BCUT2D eigenvalue weighted by molar-refractivity contribution is 7.07. The molecule has 0 spiro atoms. The second-order valence-electron chi connectivity index (χ2n) is 5.08. The van der Waals surface area contributed by atoms with Crippen molar-refractivity contribution in [1.29, 1.82) is 0 Å². The molecule has 3 rings (SSSR count). The highest BCUT2D eigenvalue weighted by Gasteiger charge is 2.14. The third kappa shape index (κ3) is 3.20. The second kappa shape index (κ2) is 5.36. The van der Waals surface area contributed by atoms with E-state index in [0.717, 1.165) is 11.1 Å². The van der Waals surface area contributed by atoms with Crippen LogP contribution in [0.25, 0.3) is 11.1 Å². The lowest BCUT2D eigenvalue weighted by Crippen LogP contribution is -2.10. The Balaban J connectivity index is 0.000000202. The van der Waals surface area contributed by atoms with Crippen molar-refractivity contribution in [2.45, 2.75) is 26.2 Å². The Bertz CT molecular complexity index is 573. The lowest BCUT2D eigenvalue weighted by molar-refractivity contribution is 0.588. The van der Waals surface area contributed by atoms with Gasteiger partial charge in [0.1, 0.15) is 5.52 Å². The zero-order valence-electron chi connectivity index (χ0n) is 10.9. The first-order valence-electron chi connectivity index (χ1n) is 5.88. The summed E-state index contributed by atoms with van der Waals surface area (Å²) >= 11 is 1.71. The molecule has 0 aliphatic rings. The minimum atomic E-state index is 0.174. The van der Waals surface area contributed by atoms with Gasteiger partial charge in [-0.2, -0.15) is 11.3 Å². The minimum Gasteiger partial charge on any atom is -0.443 e. The fourth-order valence-corrected chi connectivity index (χ4v) is 2.00. The number of thiophene rings is 1. The van der Waals surface area contributed by atoms with Crippen molar-refractivity contribution in [3.05, 3.63) is 53.0 Å². The average Bonchev–Trinajstić information content (AvgIpc) is 3.01. The van der Waals surface area contributed by atoms with E-state index in [4.69, 9.17) is 4.42 Å². The third-order valence-corrected chi connectivity index (χ3v) is 3.25. The van der Waals surface area contributed by atoms with E-state index >= 15 is 0 Å². The van der Waals surface area contributed by atoms with Gasteiger partial charge >= 0.3 is 0 Å². The summed E-state index contributed by atoms with van der Waals surface area (Å²) in [6, 6.07) is 10.2. The molecule has 0 amide bonds. The maximum atomic E-state index is 5.17. The molecular weight excluding hydrogens is 242 g/mol. The van der Waals surface area contributed by atoms with Crippen molar-refractivity contribution in [2.75, 3.05) is 0 Å². The summed E-state index contributed by atoms with van der Waals surface area (Å²) in [5.41, 5.74) is 3.25. The van der Waals surface area contributed by atoms with Crippen molar-refractivity contribution in [1.82, 2.24) is 4.98 Å². The van der Waals surface area contributed by atoms with Crippen molar-refractivity contribution in [3.63, 3.8) is 0 Å². The Labute approximate surface area is 111 Å². The Morgan fingerprint density at radius 1 is 1.11 bits per heavy atom. The number of oxazole rings is 1. The van der Waals surface area contributed by atoms with E-state index < -0.39 is 0 Å². The molecule has 3 aromatic rings. The fourth-order valence-electron chi connectivity index (χ4n) is 1.55. The Hall–Kier alpha value is -1.61. The van der Waals surface area contributed by atoms with Crippen molar-refractivity contribution in [2.24, 2.45) is 0 Å². The Morgan fingerprint density at radius 2 is 1.83 bits per heavy atom. The van der Waals surface area contributed by atoms with Crippen molar-refractivity contribution in [3.8, 4) is 0 Å². The van der Waals surface area contributed by atoms with Crippen LogP contribution in [0.1, 0.15) is 26.3 Å². The quantitative estimate of drug-likeness (QED) is 0.575. The van der Waals surface area contributed by atoms with Crippen LogP contribution in [-0.2, 0) is 5.41 Å². The van der Waals surface area contributed by atoms with Gasteiger partial charge in [-0.15, -0.1) is 0 Å². The van der Waals surface area contributed by atoms with Crippen LogP contribution in [0.15, 0.2) is 51.9 Å². The lowest BCUT2D eigenvalue weighted by Gasteiger charge is -2.18. The van der Waals surface area contributed by atoms with E-state index in [-0.39, 0.29) is 5.41 Å². The van der Waals surface area contributed by atoms with E-state index in [1.54, 1.807) is 11.3 Å². The Morgan fingerprint density at radius 3 is 2.39 bits per heavy atom. The van der Waals surface area contributed by atoms with E-state index in [0.29, 0.717) is 0 Å². The van der Waals surface area contributed by atoms with Gasteiger partial charge in [0.15, 0.2) is 12.0 Å². The molecule has 18 heavy (non-hydrogen) atoms. The predicted octanol–water partition coefficient (Wildman–Crippen LogP) is 4.87. The zero-order valence-corrected chi connectivity index (χ0v) is 11.7. The SMILES string of the molecule is CC(C)(C)c1ccc2ocnc2c1.c1ccsc1. The molecule has 3 heteroatoms. The monoisotopic (exact) mass is 259 g/mol. The van der Waals surface area contributed by atoms with Crippen LogP contribution < -0.4 is 0 Å². The summed E-state index contributed by atoms with van der Waals surface area (Å²) in [6.45, 7) is 6.57. The van der Waals surface area contributed by atoms with E-state index in [9.17, 15) is 0 Å². The van der Waals surface area contributed by atoms with Crippen LogP contribution in [0.3, 0.4) is 0 Å². The number of hydrogen-bond acceptors (Lipinski definition) is 3.